The van der Waals surface area contributed by atoms with Gasteiger partial charge in [0.05, 0.1) is 6.61 Å². The summed E-state index contributed by atoms with van der Waals surface area (Å²) in [6.07, 6.45) is 5.26. The van der Waals surface area contributed by atoms with Crippen LogP contribution in [0.1, 0.15) is 53.9 Å². The van der Waals surface area contributed by atoms with E-state index >= 15 is 0 Å². The normalized spacial score (nSPS) is 24.6. The van der Waals surface area contributed by atoms with Crippen molar-refractivity contribution in [3.8, 4) is 0 Å². The lowest BCUT2D eigenvalue weighted by Gasteiger charge is -2.41. The third-order valence-electron chi connectivity index (χ3n) is 4.47. The summed E-state index contributed by atoms with van der Waals surface area (Å²) < 4.78 is 5.13. The summed E-state index contributed by atoms with van der Waals surface area (Å²) >= 11 is 0. The van der Waals surface area contributed by atoms with Crippen molar-refractivity contribution in [1.82, 2.24) is 0 Å². The van der Waals surface area contributed by atoms with E-state index in [1.54, 1.807) is 0 Å². The van der Waals surface area contributed by atoms with Crippen molar-refractivity contribution in [2.75, 3.05) is 6.61 Å². The first-order chi connectivity index (χ1) is 8.28. The van der Waals surface area contributed by atoms with Gasteiger partial charge in [0.1, 0.15) is 0 Å². The highest BCUT2D eigenvalue weighted by atomic mass is 16.5. The highest BCUT2D eigenvalue weighted by Gasteiger charge is 2.41. The predicted molar refractivity (Wildman–Crippen MR) is 73.2 cm³/mol. The van der Waals surface area contributed by atoms with Gasteiger partial charge in [-0.1, -0.05) is 33.3 Å². The lowest BCUT2D eigenvalue weighted by Crippen LogP contribution is -2.28. The fourth-order valence-corrected chi connectivity index (χ4v) is 3.07. The van der Waals surface area contributed by atoms with E-state index in [4.69, 9.17) is 4.74 Å². The molecule has 0 saturated carbocycles. The minimum atomic E-state index is -0.140. The zero-order valence-electron chi connectivity index (χ0n) is 12.2. The Hall–Kier alpha value is -1.05. The van der Waals surface area contributed by atoms with Crippen LogP contribution in [0.3, 0.4) is 0 Å². The summed E-state index contributed by atoms with van der Waals surface area (Å²) in [5.74, 6) is -0.140. The monoisotopic (exact) mass is 248 g/mol. The largest absolute Gasteiger partial charge is 0.463 e. The van der Waals surface area contributed by atoms with Crippen molar-refractivity contribution < 1.29 is 9.53 Å². The lowest BCUT2D eigenvalue weighted by atomic mass is 9.64. The van der Waals surface area contributed by atoms with Crippen LogP contribution in [0.15, 0.2) is 22.8 Å². The molecule has 2 nitrogen and oxygen atoms in total. The Labute approximate surface area is 110 Å². The summed E-state index contributed by atoms with van der Waals surface area (Å²) in [5, 5.41) is 0. The van der Waals surface area contributed by atoms with E-state index in [1.807, 2.05) is 6.92 Å². The SMILES string of the molecule is CCOC(=O)C1=CC2=C(C1)C(C)(C)CCC2(C)C. The number of esters is 1. The highest BCUT2D eigenvalue weighted by molar-refractivity contribution is 5.91. The maximum absolute atomic E-state index is 11.9. The third kappa shape index (κ3) is 2.13. The summed E-state index contributed by atoms with van der Waals surface area (Å²) in [5.41, 5.74) is 4.07. The van der Waals surface area contributed by atoms with E-state index < -0.39 is 0 Å². The second-order valence-corrected chi connectivity index (χ2v) is 6.73. The van der Waals surface area contributed by atoms with E-state index in [-0.39, 0.29) is 16.8 Å². The minimum absolute atomic E-state index is 0.140. The molecule has 2 aliphatic rings. The van der Waals surface area contributed by atoms with Crippen LogP contribution >= 0.6 is 0 Å². The Balaban J connectivity index is 2.32. The van der Waals surface area contributed by atoms with Crippen LogP contribution in [-0.4, -0.2) is 12.6 Å². The van der Waals surface area contributed by atoms with Crippen molar-refractivity contribution in [2.24, 2.45) is 10.8 Å². The minimum Gasteiger partial charge on any atom is -0.463 e. The summed E-state index contributed by atoms with van der Waals surface area (Å²) in [7, 11) is 0. The zero-order valence-corrected chi connectivity index (χ0v) is 12.2. The second-order valence-electron chi connectivity index (χ2n) is 6.73. The van der Waals surface area contributed by atoms with Crippen molar-refractivity contribution in [2.45, 2.75) is 53.9 Å². The molecule has 0 unspecified atom stereocenters. The number of ether oxygens (including phenoxy) is 1. The maximum atomic E-state index is 11.9. The van der Waals surface area contributed by atoms with Crippen molar-refractivity contribution in [3.05, 3.63) is 22.8 Å². The number of hydrogen-bond acceptors (Lipinski definition) is 2. The molecule has 0 N–H and O–H groups in total. The Bertz CT molecular complexity index is 436. The maximum Gasteiger partial charge on any atom is 0.334 e. The van der Waals surface area contributed by atoms with Gasteiger partial charge in [0.2, 0.25) is 0 Å². The highest BCUT2D eigenvalue weighted by Crippen LogP contribution is 2.53. The molecule has 2 rings (SSSR count). The Kier molecular flexibility index (Phi) is 3.16. The van der Waals surface area contributed by atoms with E-state index in [2.05, 4.69) is 33.8 Å². The molecule has 0 heterocycles. The second kappa shape index (κ2) is 4.25. The van der Waals surface area contributed by atoms with Gasteiger partial charge >= 0.3 is 5.97 Å². The number of rotatable bonds is 2. The van der Waals surface area contributed by atoms with Crippen LogP contribution in [0.2, 0.25) is 0 Å². The van der Waals surface area contributed by atoms with Gasteiger partial charge in [-0.15, -0.1) is 0 Å². The average Bonchev–Trinajstić information content (AvgIpc) is 2.72. The molecular formula is C16H24O2. The summed E-state index contributed by atoms with van der Waals surface area (Å²) in [6.45, 7) is 11.4. The molecule has 0 aliphatic heterocycles. The van der Waals surface area contributed by atoms with Crippen LogP contribution in [-0.2, 0) is 9.53 Å². The first kappa shape index (κ1) is 13.4. The van der Waals surface area contributed by atoms with E-state index in [0.29, 0.717) is 6.61 Å². The number of carbonyl (C=O) groups excluding carboxylic acids is 1. The molecule has 0 bridgehead atoms. The quantitative estimate of drug-likeness (QED) is 0.690. The van der Waals surface area contributed by atoms with Crippen molar-refractivity contribution in [1.29, 1.82) is 0 Å². The average molecular weight is 248 g/mol. The summed E-state index contributed by atoms with van der Waals surface area (Å²) in [4.78, 5) is 11.9. The molecule has 2 aliphatic carbocycles. The molecule has 0 aromatic heterocycles. The molecular weight excluding hydrogens is 224 g/mol. The van der Waals surface area contributed by atoms with E-state index in [9.17, 15) is 4.79 Å². The van der Waals surface area contributed by atoms with Crippen LogP contribution in [0, 0.1) is 10.8 Å². The molecule has 0 spiro atoms. The van der Waals surface area contributed by atoms with Gasteiger partial charge in [0.15, 0.2) is 0 Å². The van der Waals surface area contributed by atoms with E-state index in [1.165, 1.54) is 24.0 Å². The standard InChI is InChI=1S/C16H24O2/c1-6-18-14(17)11-9-12-13(10-11)16(4,5)8-7-15(12,2)3/h9H,6-8,10H2,1-5H3. The van der Waals surface area contributed by atoms with Crippen LogP contribution in [0.4, 0.5) is 0 Å². The van der Waals surface area contributed by atoms with Crippen molar-refractivity contribution in [3.63, 3.8) is 0 Å². The fraction of sp³-hybridized carbons (Fsp3) is 0.688. The molecule has 0 atom stereocenters. The third-order valence-corrected chi connectivity index (χ3v) is 4.47. The molecule has 0 amide bonds. The lowest BCUT2D eigenvalue weighted by molar-refractivity contribution is -0.138. The Morgan fingerprint density at radius 3 is 2.39 bits per heavy atom. The number of carbonyl (C=O) groups is 1. The summed E-state index contributed by atoms with van der Waals surface area (Å²) in [6, 6.07) is 0. The molecule has 18 heavy (non-hydrogen) atoms. The molecule has 0 aromatic rings. The van der Waals surface area contributed by atoms with Gasteiger partial charge in [-0.05, 0) is 42.2 Å². The molecule has 2 heteroatoms. The number of allylic oxidation sites excluding steroid dienone is 3. The molecule has 0 fully saturated rings. The van der Waals surface area contributed by atoms with Gasteiger partial charge < -0.3 is 4.74 Å². The zero-order chi connectivity index (χ0) is 13.6. The molecule has 0 saturated heterocycles. The van der Waals surface area contributed by atoms with Gasteiger partial charge in [0.25, 0.3) is 0 Å². The Morgan fingerprint density at radius 1 is 1.22 bits per heavy atom. The molecule has 100 valence electrons. The van der Waals surface area contributed by atoms with Gasteiger partial charge in [-0.2, -0.15) is 0 Å². The van der Waals surface area contributed by atoms with Crippen LogP contribution in [0.25, 0.3) is 0 Å². The van der Waals surface area contributed by atoms with Gasteiger partial charge in [-0.25, -0.2) is 4.79 Å². The number of hydrogen-bond donors (Lipinski definition) is 0. The van der Waals surface area contributed by atoms with Gasteiger partial charge in [0, 0.05) is 12.0 Å². The first-order valence-electron chi connectivity index (χ1n) is 6.90. The van der Waals surface area contributed by atoms with Crippen LogP contribution in [0.5, 0.6) is 0 Å². The topological polar surface area (TPSA) is 26.3 Å². The molecule has 0 aromatic carbocycles. The van der Waals surface area contributed by atoms with Gasteiger partial charge in [-0.3, -0.25) is 0 Å². The Morgan fingerprint density at radius 2 is 1.83 bits per heavy atom. The smallest absolute Gasteiger partial charge is 0.334 e. The first-order valence-corrected chi connectivity index (χ1v) is 6.90. The predicted octanol–water partition coefficient (Wildman–Crippen LogP) is 4.02. The van der Waals surface area contributed by atoms with Crippen molar-refractivity contribution >= 4 is 5.97 Å². The van der Waals surface area contributed by atoms with E-state index in [0.717, 1.165) is 12.0 Å². The fourth-order valence-electron chi connectivity index (χ4n) is 3.07. The van der Waals surface area contributed by atoms with Crippen LogP contribution < -0.4 is 0 Å². The molecule has 0 radical (unpaired) electrons.